The fraction of sp³-hybridized carbons (Fsp3) is 0.308. The van der Waals surface area contributed by atoms with Gasteiger partial charge >= 0.3 is 0 Å². The second-order valence-electron chi connectivity index (χ2n) is 4.41. The van der Waals surface area contributed by atoms with Crippen LogP contribution < -0.4 is 5.73 Å². The van der Waals surface area contributed by atoms with E-state index in [0.29, 0.717) is 23.9 Å². The normalized spacial score (nSPS) is 15.2. The molecule has 0 unspecified atom stereocenters. The van der Waals surface area contributed by atoms with Crippen LogP contribution in [0, 0.1) is 5.82 Å². The Labute approximate surface area is 98.9 Å². The first kappa shape index (κ1) is 10.5. The second kappa shape index (κ2) is 3.96. The van der Waals surface area contributed by atoms with Crippen molar-refractivity contribution in [2.45, 2.75) is 25.3 Å². The van der Waals surface area contributed by atoms with Crippen molar-refractivity contribution in [2.24, 2.45) is 5.73 Å². The lowest BCUT2D eigenvalue weighted by molar-refractivity contribution is 0.630. The molecule has 1 aliphatic carbocycles. The van der Waals surface area contributed by atoms with Crippen LogP contribution in [0.25, 0.3) is 11.4 Å². The lowest BCUT2D eigenvalue weighted by Crippen LogP contribution is -1.99. The summed E-state index contributed by atoms with van der Waals surface area (Å²) >= 11 is 0. The summed E-state index contributed by atoms with van der Waals surface area (Å²) in [5, 5.41) is 0. The van der Waals surface area contributed by atoms with E-state index in [-0.39, 0.29) is 5.82 Å². The molecule has 0 spiro atoms. The lowest BCUT2D eigenvalue weighted by atomic mass is 10.2. The Hall–Kier alpha value is -1.68. The average molecular weight is 231 g/mol. The summed E-state index contributed by atoms with van der Waals surface area (Å²) in [7, 11) is 0. The molecule has 3 N–H and O–H groups in total. The third kappa shape index (κ3) is 1.85. The average Bonchev–Trinajstić information content (AvgIpc) is 3.10. The number of nitrogens with two attached hydrogens (primary N) is 1. The number of hydrogen-bond acceptors (Lipinski definition) is 2. The second-order valence-corrected chi connectivity index (χ2v) is 4.41. The van der Waals surface area contributed by atoms with E-state index in [0.717, 1.165) is 24.2 Å². The zero-order valence-corrected chi connectivity index (χ0v) is 9.41. The molecule has 1 aliphatic rings. The summed E-state index contributed by atoms with van der Waals surface area (Å²) in [5.74, 6) is 0.850. The van der Waals surface area contributed by atoms with E-state index in [2.05, 4.69) is 9.97 Å². The van der Waals surface area contributed by atoms with Gasteiger partial charge in [0.25, 0.3) is 0 Å². The quantitative estimate of drug-likeness (QED) is 0.852. The maximum Gasteiger partial charge on any atom is 0.140 e. The Balaban J connectivity index is 2.06. The number of H-pyrrole nitrogens is 1. The maximum atomic E-state index is 13.6. The van der Waals surface area contributed by atoms with Crippen molar-refractivity contribution in [3.8, 4) is 11.4 Å². The summed E-state index contributed by atoms with van der Waals surface area (Å²) in [5.41, 5.74) is 8.14. The summed E-state index contributed by atoms with van der Waals surface area (Å²) in [6.45, 7) is 0.424. The van der Waals surface area contributed by atoms with Crippen molar-refractivity contribution in [1.29, 1.82) is 0 Å². The standard InChI is InChI=1S/C13H14FN3/c14-10-4-2-1-3-9(10)13-16-11(7-15)12(17-13)8-5-6-8/h1-4,8H,5-7,15H2,(H,16,17). The SMILES string of the molecule is NCc1[nH]c(-c2ccccc2F)nc1C1CC1. The minimum atomic E-state index is -0.257. The van der Waals surface area contributed by atoms with Crippen molar-refractivity contribution >= 4 is 0 Å². The molecule has 88 valence electrons. The van der Waals surface area contributed by atoms with Crippen LogP contribution in [0.3, 0.4) is 0 Å². The minimum absolute atomic E-state index is 0.257. The Morgan fingerprint density at radius 2 is 2.12 bits per heavy atom. The number of benzene rings is 1. The topological polar surface area (TPSA) is 54.7 Å². The molecule has 0 amide bonds. The molecule has 1 heterocycles. The molecule has 0 bridgehead atoms. The monoisotopic (exact) mass is 231 g/mol. The molecule has 1 fully saturated rings. The highest BCUT2D eigenvalue weighted by Crippen LogP contribution is 2.41. The van der Waals surface area contributed by atoms with Crippen molar-refractivity contribution in [2.75, 3.05) is 0 Å². The minimum Gasteiger partial charge on any atom is -0.340 e. The molecule has 2 aromatic rings. The molecule has 1 aromatic heterocycles. The Morgan fingerprint density at radius 1 is 1.35 bits per heavy atom. The summed E-state index contributed by atoms with van der Waals surface area (Å²) < 4.78 is 13.6. The van der Waals surface area contributed by atoms with Crippen LogP contribution in [0.15, 0.2) is 24.3 Å². The summed E-state index contributed by atoms with van der Waals surface area (Å²) in [4.78, 5) is 7.63. The van der Waals surface area contributed by atoms with Gasteiger partial charge in [0.2, 0.25) is 0 Å². The van der Waals surface area contributed by atoms with Gasteiger partial charge in [-0.15, -0.1) is 0 Å². The van der Waals surface area contributed by atoms with Crippen LogP contribution in [0.5, 0.6) is 0 Å². The highest BCUT2D eigenvalue weighted by molar-refractivity contribution is 5.57. The van der Waals surface area contributed by atoms with Gasteiger partial charge in [-0.25, -0.2) is 9.37 Å². The van der Waals surface area contributed by atoms with Gasteiger partial charge in [-0.3, -0.25) is 0 Å². The molecular weight excluding hydrogens is 217 g/mol. The van der Waals surface area contributed by atoms with Crippen molar-refractivity contribution < 1.29 is 4.39 Å². The number of aromatic amines is 1. The van der Waals surface area contributed by atoms with Gasteiger partial charge in [0, 0.05) is 12.5 Å². The molecule has 1 aromatic carbocycles. The van der Waals surface area contributed by atoms with Crippen LogP contribution in [-0.4, -0.2) is 9.97 Å². The Kier molecular flexibility index (Phi) is 2.44. The van der Waals surface area contributed by atoms with Gasteiger partial charge in [-0.2, -0.15) is 0 Å². The van der Waals surface area contributed by atoms with Gasteiger partial charge in [-0.1, -0.05) is 12.1 Å². The fourth-order valence-corrected chi connectivity index (χ4v) is 2.05. The fourth-order valence-electron chi connectivity index (χ4n) is 2.05. The number of imidazole rings is 1. The number of nitrogens with zero attached hydrogens (tertiary/aromatic N) is 1. The summed E-state index contributed by atoms with van der Waals surface area (Å²) in [6.07, 6.45) is 2.32. The first-order chi connectivity index (χ1) is 8.29. The van der Waals surface area contributed by atoms with E-state index in [9.17, 15) is 4.39 Å². The molecule has 0 saturated heterocycles. The van der Waals surface area contributed by atoms with Crippen molar-refractivity contribution in [3.63, 3.8) is 0 Å². The molecule has 3 rings (SSSR count). The van der Waals surface area contributed by atoms with E-state index in [1.54, 1.807) is 18.2 Å². The molecular formula is C13H14FN3. The highest BCUT2D eigenvalue weighted by Gasteiger charge is 2.29. The number of hydrogen-bond donors (Lipinski definition) is 2. The number of rotatable bonds is 3. The number of aromatic nitrogens is 2. The number of halogens is 1. The van der Waals surface area contributed by atoms with Crippen molar-refractivity contribution in [1.82, 2.24) is 9.97 Å². The largest absolute Gasteiger partial charge is 0.340 e. The summed E-state index contributed by atoms with van der Waals surface area (Å²) in [6, 6.07) is 6.65. The van der Waals surface area contributed by atoms with Gasteiger partial charge in [0.1, 0.15) is 11.6 Å². The van der Waals surface area contributed by atoms with Gasteiger partial charge < -0.3 is 10.7 Å². The third-order valence-electron chi connectivity index (χ3n) is 3.11. The van der Waals surface area contributed by atoms with Crippen LogP contribution in [0.1, 0.15) is 30.1 Å². The highest BCUT2D eigenvalue weighted by atomic mass is 19.1. The predicted octanol–water partition coefficient (Wildman–Crippen LogP) is 2.55. The Bertz CT molecular complexity index is 543. The van der Waals surface area contributed by atoms with E-state index < -0.39 is 0 Å². The zero-order valence-electron chi connectivity index (χ0n) is 9.41. The molecule has 4 heteroatoms. The van der Waals surface area contributed by atoms with Gasteiger partial charge in [0.15, 0.2) is 0 Å². The first-order valence-corrected chi connectivity index (χ1v) is 5.83. The lowest BCUT2D eigenvalue weighted by Gasteiger charge is -1.97. The van der Waals surface area contributed by atoms with Gasteiger partial charge in [0.05, 0.1) is 17.0 Å². The van der Waals surface area contributed by atoms with Gasteiger partial charge in [-0.05, 0) is 25.0 Å². The van der Waals surface area contributed by atoms with Crippen LogP contribution >= 0.6 is 0 Å². The van der Waals surface area contributed by atoms with Crippen molar-refractivity contribution in [3.05, 3.63) is 41.5 Å². The van der Waals surface area contributed by atoms with E-state index in [1.165, 1.54) is 6.07 Å². The van der Waals surface area contributed by atoms with E-state index in [1.807, 2.05) is 0 Å². The zero-order chi connectivity index (χ0) is 11.8. The molecule has 0 radical (unpaired) electrons. The molecule has 3 nitrogen and oxygen atoms in total. The third-order valence-corrected chi connectivity index (χ3v) is 3.11. The Morgan fingerprint density at radius 3 is 2.76 bits per heavy atom. The molecule has 0 atom stereocenters. The van der Waals surface area contributed by atoms with Crippen LogP contribution in [-0.2, 0) is 6.54 Å². The molecule has 1 saturated carbocycles. The first-order valence-electron chi connectivity index (χ1n) is 5.83. The van der Waals surface area contributed by atoms with E-state index >= 15 is 0 Å². The maximum absolute atomic E-state index is 13.6. The molecule has 17 heavy (non-hydrogen) atoms. The van der Waals surface area contributed by atoms with E-state index in [4.69, 9.17) is 5.73 Å². The predicted molar refractivity (Wildman–Crippen MR) is 63.8 cm³/mol. The number of nitrogens with one attached hydrogen (secondary N) is 1. The van der Waals surface area contributed by atoms with Crippen LogP contribution in [0.2, 0.25) is 0 Å². The van der Waals surface area contributed by atoms with Crippen LogP contribution in [0.4, 0.5) is 4.39 Å². The smallest absolute Gasteiger partial charge is 0.140 e. The molecule has 0 aliphatic heterocycles.